The maximum atomic E-state index is 11.7. The predicted molar refractivity (Wildman–Crippen MR) is 55.4 cm³/mol. The Morgan fingerprint density at radius 3 is 2.33 bits per heavy atom. The fourth-order valence-electron chi connectivity index (χ4n) is 1.70. The summed E-state index contributed by atoms with van der Waals surface area (Å²) in [7, 11) is 0. The van der Waals surface area contributed by atoms with Crippen molar-refractivity contribution in [2.45, 2.75) is 20.4 Å². The molecule has 15 heavy (non-hydrogen) atoms. The van der Waals surface area contributed by atoms with Gasteiger partial charge in [-0.3, -0.25) is 9.13 Å². The van der Waals surface area contributed by atoms with E-state index in [1.165, 1.54) is 9.13 Å². The topological polar surface area (TPSA) is 67.4 Å². The standard InChI is InChI=1S/C10H12N2O3/c1-7-2-3-8-9(4-7)12(6-14)10(15)11(8)5-13/h2-4,13-14H,5-6H2,1H3. The number of benzene rings is 1. The van der Waals surface area contributed by atoms with Crippen molar-refractivity contribution >= 4 is 11.0 Å². The minimum atomic E-state index is -0.402. The Bertz CT molecular complexity index is 554. The quantitative estimate of drug-likeness (QED) is 0.730. The summed E-state index contributed by atoms with van der Waals surface area (Å²) in [6.07, 6.45) is 0. The first-order valence-electron chi connectivity index (χ1n) is 4.60. The van der Waals surface area contributed by atoms with E-state index in [1.807, 2.05) is 13.0 Å². The summed E-state index contributed by atoms with van der Waals surface area (Å²) in [5, 5.41) is 18.1. The van der Waals surface area contributed by atoms with Crippen LogP contribution in [0.1, 0.15) is 5.56 Å². The maximum Gasteiger partial charge on any atom is 0.332 e. The number of nitrogens with zero attached hydrogens (tertiary/aromatic N) is 2. The van der Waals surface area contributed by atoms with E-state index in [0.717, 1.165) is 5.56 Å². The van der Waals surface area contributed by atoms with Gasteiger partial charge in [-0.2, -0.15) is 0 Å². The smallest absolute Gasteiger partial charge is 0.332 e. The zero-order chi connectivity index (χ0) is 11.0. The molecule has 0 unspecified atom stereocenters. The van der Waals surface area contributed by atoms with Crippen LogP contribution in [0.5, 0.6) is 0 Å². The number of aliphatic hydroxyl groups excluding tert-OH is 2. The second kappa shape index (κ2) is 3.52. The summed E-state index contributed by atoms with van der Waals surface area (Å²) in [6.45, 7) is 1.14. The predicted octanol–water partition coefficient (Wildman–Crippen LogP) is 0.0110. The van der Waals surface area contributed by atoms with Crippen LogP contribution in [0.4, 0.5) is 0 Å². The van der Waals surface area contributed by atoms with Crippen molar-refractivity contribution in [3.05, 3.63) is 34.2 Å². The van der Waals surface area contributed by atoms with Crippen molar-refractivity contribution in [2.75, 3.05) is 0 Å². The molecule has 0 saturated carbocycles. The summed E-state index contributed by atoms with van der Waals surface area (Å²) >= 11 is 0. The zero-order valence-electron chi connectivity index (χ0n) is 8.34. The molecular formula is C10H12N2O3. The van der Waals surface area contributed by atoms with Crippen LogP contribution < -0.4 is 5.69 Å². The molecule has 1 heterocycles. The molecule has 80 valence electrons. The van der Waals surface area contributed by atoms with Crippen LogP contribution in [-0.2, 0) is 13.5 Å². The van der Waals surface area contributed by atoms with Gasteiger partial charge in [0.15, 0.2) is 0 Å². The number of aromatic nitrogens is 2. The lowest BCUT2D eigenvalue weighted by atomic mass is 10.2. The van der Waals surface area contributed by atoms with Gasteiger partial charge in [0.2, 0.25) is 0 Å². The van der Waals surface area contributed by atoms with Crippen LogP contribution in [0.15, 0.2) is 23.0 Å². The number of aryl methyl sites for hydroxylation is 1. The van der Waals surface area contributed by atoms with E-state index < -0.39 is 5.69 Å². The second-order valence-corrected chi connectivity index (χ2v) is 3.41. The van der Waals surface area contributed by atoms with Gasteiger partial charge in [-0.05, 0) is 24.6 Å². The lowest BCUT2D eigenvalue weighted by molar-refractivity contribution is 0.191. The minimum Gasteiger partial charge on any atom is -0.376 e. The molecule has 1 aromatic heterocycles. The average Bonchev–Trinajstić information content (AvgIpc) is 2.48. The lowest BCUT2D eigenvalue weighted by Gasteiger charge is -1.98. The molecule has 2 N–H and O–H groups in total. The molecule has 2 rings (SSSR count). The van der Waals surface area contributed by atoms with E-state index >= 15 is 0 Å². The average molecular weight is 208 g/mol. The largest absolute Gasteiger partial charge is 0.376 e. The van der Waals surface area contributed by atoms with Gasteiger partial charge in [-0.1, -0.05) is 6.07 Å². The van der Waals surface area contributed by atoms with E-state index in [1.54, 1.807) is 12.1 Å². The Morgan fingerprint density at radius 2 is 1.73 bits per heavy atom. The Balaban J connectivity index is 2.92. The molecule has 5 heteroatoms. The molecule has 1 aromatic carbocycles. The molecule has 0 radical (unpaired) electrons. The van der Waals surface area contributed by atoms with Crippen LogP contribution in [-0.4, -0.2) is 19.3 Å². The van der Waals surface area contributed by atoms with Crippen molar-refractivity contribution < 1.29 is 10.2 Å². The van der Waals surface area contributed by atoms with Gasteiger partial charge in [0.1, 0.15) is 13.5 Å². The number of aliphatic hydroxyl groups is 2. The van der Waals surface area contributed by atoms with Crippen molar-refractivity contribution in [3.63, 3.8) is 0 Å². The normalized spacial score (nSPS) is 11.1. The molecule has 2 aromatic rings. The molecule has 0 bridgehead atoms. The first kappa shape index (κ1) is 9.95. The van der Waals surface area contributed by atoms with E-state index in [4.69, 9.17) is 10.2 Å². The zero-order valence-corrected chi connectivity index (χ0v) is 8.34. The SMILES string of the molecule is Cc1ccc2c(c1)n(CO)c(=O)n2CO. The summed E-state index contributed by atoms with van der Waals surface area (Å²) in [5.41, 5.74) is 1.86. The number of hydrogen-bond donors (Lipinski definition) is 2. The number of rotatable bonds is 2. The summed E-state index contributed by atoms with van der Waals surface area (Å²) in [5.74, 6) is 0. The third-order valence-electron chi connectivity index (χ3n) is 2.46. The highest BCUT2D eigenvalue weighted by molar-refractivity contribution is 5.76. The number of fused-ring (bicyclic) bond motifs is 1. The van der Waals surface area contributed by atoms with Gasteiger partial charge in [0, 0.05) is 0 Å². The summed E-state index contributed by atoms with van der Waals surface area (Å²) in [4.78, 5) is 11.7. The maximum absolute atomic E-state index is 11.7. The Kier molecular flexibility index (Phi) is 2.34. The van der Waals surface area contributed by atoms with Gasteiger partial charge in [0.25, 0.3) is 0 Å². The second-order valence-electron chi connectivity index (χ2n) is 3.41. The van der Waals surface area contributed by atoms with Gasteiger partial charge in [-0.15, -0.1) is 0 Å². The van der Waals surface area contributed by atoms with E-state index in [0.29, 0.717) is 11.0 Å². The van der Waals surface area contributed by atoms with Crippen LogP contribution in [0.2, 0.25) is 0 Å². The molecular weight excluding hydrogens is 196 g/mol. The monoisotopic (exact) mass is 208 g/mol. The first-order valence-corrected chi connectivity index (χ1v) is 4.60. The van der Waals surface area contributed by atoms with Crippen LogP contribution in [0.3, 0.4) is 0 Å². The number of imidazole rings is 1. The highest BCUT2D eigenvalue weighted by Gasteiger charge is 2.11. The highest BCUT2D eigenvalue weighted by atomic mass is 16.3. The molecule has 0 spiro atoms. The molecule has 0 saturated heterocycles. The van der Waals surface area contributed by atoms with Gasteiger partial charge in [-0.25, -0.2) is 4.79 Å². The van der Waals surface area contributed by atoms with E-state index in [9.17, 15) is 4.79 Å². The molecule has 0 amide bonds. The van der Waals surface area contributed by atoms with Gasteiger partial charge < -0.3 is 10.2 Å². The fraction of sp³-hybridized carbons (Fsp3) is 0.300. The Hall–Kier alpha value is -1.59. The van der Waals surface area contributed by atoms with Crippen LogP contribution in [0, 0.1) is 6.92 Å². The summed E-state index contributed by atoms with van der Waals surface area (Å²) < 4.78 is 2.43. The van der Waals surface area contributed by atoms with Crippen molar-refractivity contribution in [1.29, 1.82) is 0 Å². The van der Waals surface area contributed by atoms with Gasteiger partial charge >= 0.3 is 5.69 Å². The Morgan fingerprint density at radius 1 is 1.13 bits per heavy atom. The summed E-state index contributed by atoms with van der Waals surface area (Å²) in [6, 6.07) is 5.42. The molecule has 0 aliphatic carbocycles. The van der Waals surface area contributed by atoms with Crippen molar-refractivity contribution in [2.24, 2.45) is 0 Å². The lowest BCUT2D eigenvalue weighted by Crippen LogP contribution is -2.24. The van der Waals surface area contributed by atoms with Gasteiger partial charge in [0.05, 0.1) is 11.0 Å². The van der Waals surface area contributed by atoms with Crippen LogP contribution in [0.25, 0.3) is 11.0 Å². The molecule has 5 nitrogen and oxygen atoms in total. The highest BCUT2D eigenvalue weighted by Crippen LogP contribution is 2.14. The van der Waals surface area contributed by atoms with E-state index in [-0.39, 0.29) is 13.5 Å². The van der Waals surface area contributed by atoms with Crippen molar-refractivity contribution in [1.82, 2.24) is 9.13 Å². The third kappa shape index (κ3) is 1.36. The van der Waals surface area contributed by atoms with E-state index in [2.05, 4.69) is 0 Å². The minimum absolute atomic E-state index is 0.383. The molecule has 0 fully saturated rings. The molecule has 0 aliphatic rings. The first-order chi connectivity index (χ1) is 7.19. The van der Waals surface area contributed by atoms with Crippen LogP contribution >= 0.6 is 0 Å². The van der Waals surface area contributed by atoms with Crippen molar-refractivity contribution in [3.8, 4) is 0 Å². The molecule has 0 atom stereocenters. The fourth-order valence-corrected chi connectivity index (χ4v) is 1.70. The molecule has 0 aliphatic heterocycles. The Labute approximate surface area is 85.8 Å². The number of hydrogen-bond acceptors (Lipinski definition) is 3. The third-order valence-corrected chi connectivity index (χ3v) is 2.46.